The third kappa shape index (κ3) is 4.47. The van der Waals surface area contributed by atoms with E-state index in [1.165, 1.54) is 0 Å². The molecule has 4 heteroatoms. The van der Waals surface area contributed by atoms with Gasteiger partial charge in [-0.1, -0.05) is 51.1 Å². The SMILES string of the molecule is CC(C)(C)C1CCN(C(=O)C(CN)c2ccccc2)CC1.Cl. The molecule has 1 aliphatic rings. The van der Waals surface area contributed by atoms with Crippen molar-refractivity contribution in [3.63, 3.8) is 0 Å². The number of amides is 1. The van der Waals surface area contributed by atoms with E-state index in [1.54, 1.807) is 0 Å². The molecule has 1 fully saturated rings. The van der Waals surface area contributed by atoms with Crippen molar-refractivity contribution in [2.24, 2.45) is 17.1 Å². The van der Waals surface area contributed by atoms with Crippen LogP contribution in [0.25, 0.3) is 0 Å². The van der Waals surface area contributed by atoms with E-state index < -0.39 is 0 Å². The molecule has 1 atom stereocenters. The third-order valence-electron chi connectivity index (χ3n) is 4.77. The van der Waals surface area contributed by atoms with Crippen molar-refractivity contribution in [1.82, 2.24) is 4.90 Å². The molecule has 0 bridgehead atoms. The average molecular weight is 325 g/mol. The van der Waals surface area contributed by atoms with Crippen LogP contribution < -0.4 is 5.73 Å². The Labute approximate surface area is 140 Å². The summed E-state index contributed by atoms with van der Waals surface area (Å²) in [6.45, 7) is 8.99. The van der Waals surface area contributed by atoms with Crippen molar-refractivity contribution in [2.45, 2.75) is 39.5 Å². The van der Waals surface area contributed by atoms with Crippen molar-refractivity contribution in [2.75, 3.05) is 19.6 Å². The van der Waals surface area contributed by atoms with E-state index in [2.05, 4.69) is 20.8 Å². The van der Waals surface area contributed by atoms with Crippen LogP contribution in [0.1, 0.15) is 45.1 Å². The highest BCUT2D eigenvalue weighted by molar-refractivity contribution is 5.85. The Morgan fingerprint density at radius 3 is 2.23 bits per heavy atom. The fourth-order valence-electron chi connectivity index (χ4n) is 3.25. The monoisotopic (exact) mass is 324 g/mol. The summed E-state index contributed by atoms with van der Waals surface area (Å²) in [5, 5.41) is 0. The van der Waals surface area contributed by atoms with Crippen LogP contribution in [0, 0.1) is 11.3 Å². The fourth-order valence-corrected chi connectivity index (χ4v) is 3.25. The molecule has 22 heavy (non-hydrogen) atoms. The summed E-state index contributed by atoms with van der Waals surface area (Å²) in [5.41, 5.74) is 7.23. The van der Waals surface area contributed by atoms with Crippen molar-refractivity contribution < 1.29 is 4.79 Å². The molecule has 1 aromatic carbocycles. The van der Waals surface area contributed by atoms with E-state index in [-0.39, 0.29) is 24.2 Å². The van der Waals surface area contributed by atoms with Crippen LogP contribution in [0.4, 0.5) is 0 Å². The third-order valence-corrected chi connectivity index (χ3v) is 4.77. The molecular weight excluding hydrogens is 296 g/mol. The number of halogens is 1. The zero-order chi connectivity index (χ0) is 15.5. The van der Waals surface area contributed by atoms with Gasteiger partial charge in [0.2, 0.25) is 5.91 Å². The normalized spacial score (nSPS) is 17.7. The van der Waals surface area contributed by atoms with Gasteiger partial charge in [-0.15, -0.1) is 12.4 Å². The molecule has 124 valence electrons. The van der Waals surface area contributed by atoms with Gasteiger partial charge < -0.3 is 10.6 Å². The van der Waals surface area contributed by atoms with Gasteiger partial charge in [-0.2, -0.15) is 0 Å². The van der Waals surface area contributed by atoms with Crippen LogP contribution in [0.5, 0.6) is 0 Å². The van der Waals surface area contributed by atoms with Crippen molar-refractivity contribution in [1.29, 1.82) is 0 Å². The number of hydrogen-bond acceptors (Lipinski definition) is 2. The highest BCUT2D eigenvalue weighted by atomic mass is 35.5. The smallest absolute Gasteiger partial charge is 0.231 e. The molecule has 1 amide bonds. The molecule has 0 aromatic heterocycles. The Morgan fingerprint density at radius 1 is 1.23 bits per heavy atom. The Balaban J connectivity index is 0.00000242. The quantitative estimate of drug-likeness (QED) is 0.925. The maximum Gasteiger partial charge on any atom is 0.231 e. The maximum absolute atomic E-state index is 12.7. The molecule has 0 spiro atoms. The number of likely N-dealkylation sites (tertiary alicyclic amines) is 1. The maximum atomic E-state index is 12.7. The Hall–Kier alpha value is -1.06. The van der Waals surface area contributed by atoms with Gasteiger partial charge >= 0.3 is 0 Å². The second-order valence-corrected chi connectivity index (χ2v) is 7.16. The van der Waals surface area contributed by atoms with E-state index in [9.17, 15) is 4.79 Å². The van der Waals surface area contributed by atoms with Crippen LogP contribution in [-0.4, -0.2) is 30.4 Å². The minimum absolute atomic E-state index is 0. The number of nitrogens with zero attached hydrogens (tertiary/aromatic N) is 1. The van der Waals surface area contributed by atoms with E-state index in [0.717, 1.165) is 31.5 Å². The standard InChI is InChI=1S/C18H28N2O.ClH/c1-18(2,3)15-9-11-20(12-10-15)17(21)16(13-19)14-7-5-4-6-8-14;/h4-8,15-16H,9-13,19H2,1-3H3;1H. The summed E-state index contributed by atoms with van der Waals surface area (Å²) < 4.78 is 0. The Morgan fingerprint density at radius 2 is 1.77 bits per heavy atom. The summed E-state index contributed by atoms with van der Waals surface area (Å²) in [4.78, 5) is 14.7. The fraction of sp³-hybridized carbons (Fsp3) is 0.611. The topological polar surface area (TPSA) is 46.3 Å². The first-order valence-electron chi connectivity index (χ1n) is 7.97. The summed E-state index contributed by atoms with van der Waals surface area (Å²) in [6.07, 6.45) is 2.20. The number of carbonyl (C=O) groups excluding carboxylic acids is 1. The van der Waals surface area contributed by atoms with Gasteiger partial charge in [-0.3, -0.25) is 4.79 Å². The van der Waals surface area contributed by atoms with Crippen molar-refractivity contribution in [3.05, 3.63) is 35.9 Å². The summed E-state index contributed by atoms with van der Waals surface area (Å²) in [6, 6.07) is 9.90. The number of carbonyl (C=O) groups is 1. The minimum atomic E-state index is -0.197. The number of rotatable bonds is 3. The van der Waals surface area contributed by atoms with Crippen molar-refractivity contribution >= 4 is 18.3 Å². The molecule has 2 N–H and O–H groups in total. The molecular formula is C18H29ClN2O. The highest BCUT2D eigenvalue weighted by Gasteiger charge is 2.32. The first-order chi connectivity index (χ1) is 9.93. The first kappa shape index (κ1) is 19.0. The molecule has 1 saturated heterocycles. The van der Waals surface area contributed by atoms with Crippen LogP contribution in [0.2, 0.25) is 0 Å². The summed E-state index contributed by atoms with van der Waals surface area (Å²) >= 11 is 0. The van der Waals surface area contributed by atoms with Gasteiger partial charge in [-0.25, -0.2) is 0 Å². The Kier molecular flexibility index (Phi) is 6.89. The first-order valence-corrected chi connectivity index (χ1v) is 7.97. The van der Waals surface area contributed by atoms with Gasteiger partial charge in [0.25, 0.3) is 0 Å². The summed E-state index contributed by atoms with van der Waals surface area (Å²) in [5.74, 6) is 0.697. The molecule has 0 radical (unpaired) electrons. The van der Waals surface area contributed by atoms with E-state index in [1.807, 2.05) is 35.2 Å². The molecule has 0 aliphatic carbocycles. The summed E-state index contributed by atoms with van der Waals surface area (Å²) in [7, 11) is 0. The number of hydrogen-bond donors (Lipinski definition) is 1. The second-order valence-electron chi connectivity index (χ2n) is 7.16. The predicted octanol–water partition coefficient (Wildman–Crippen LogP) is 3.44. The van der Waals surface area contributed by atoms with Gasteiger partial charge in [0, 0.05) is 19.6 Å². The van der Waals surface area contributed by atoms with E-state index in [0.29, 0.717) is 17.9 Å². The highest BCUT2D eigenvalue weighted by Crippen LogP contribution is 2.34. The second kappa shape index (κ2) is 7.98. The number of piperidine rings is 1. The van der Waals surface area contributed by atoms with E-state index in [4.69, 9.17) is 5.73 Å². The lowest BCUT2D eigenvalue weighted by atomic mass is 9.75. The molecule has 1 aliphatic heterocycles. The predicted molar refractivity (Wildman–Crippen MR) is 94.2 cm³/mol. The lowest BCUT2D eigenvalue weighted by Gasteiger charge is -2.39. The van der Waals surface area contributed by atoms with Gasteiger partial charge in [0.1, 0.15) is 0 Å². The molecule has 1 unspecified atom stereocenters. The lowest BCUT2D eigenvalue weighted by molar-refractivity contribution is -0.134. The zero-order valence-corrected chi connectivity index (χ0v) is 14.7. The van der Waals surface area contributed by atoms with E-state index >= 15 is 0 Å². The van der Waals surface area contributed by atoms with Crippen LogP contribution >= 0.6 is 12.4 Å². The molecule has 0 saturated carbocycles. The van der Waals surface area contributed by atoms with Crippen LogP contribution in [0.15, 0.2) is 30.3 Å². The van der Waals surface area contributed by atoms with Crippen molar-refractivity contribution in [3.8, 4) is 0 Å². The van der Waals surface area contributed by atoms with Gasteiger partial charge in [0.15, 0.2) is 0 Å². The van der Waals surface area contributed by atoms with Crippen LogP contribution in [-0.2, 0) is 4.79 Å². The van der Waals surface area contributed by atoms with Gasteiger partial charge in [0.05, 0.1) is 5.92 Å². The number of nitrogens with two attached hydrogens (primary N) is 1. The molecule has 3 nitrogen and oxygen atoms in total. The largest absolute Gasteiger partial charge is 0.342 e. The minimum Gasteiger partial charge on any atom is -0.342 e. The molecule has 1 heterocycles. The average Bonchev–Trinajstić information content (AvgIpc) is 2.48. The van der Waals surface area contributed by atoms with Gasteiger partial charge in [-0.05, 0) is 29.7 Å². The molecule has 1 aromatic rings. The zero-order valence-electron chi connectivity index (χ0n) is 13.9. The van der Waals surface area contributed by atoms with Crippen LogP contribution in [0.3, 0.4) is 0 Å². The Bertz CT molecular complexity index is 462. The number of benzene rings is 1. The molecule has 2 rings (SSSR count). The lowest BCUT2D eigenvalue weighted by Crippen LogP contribution is -2.44.